The summed E-state index contributed by atoms with van der Waals surface area (Å²) in [6.07, 6.45) is 49.6. The summed E-state index contributed by atoms with van der Waals surface area (Å²) in [7, 11) is 0. The Balaban J connectivity index is 4.16. The predicted molar refractivity (Wildman–Crippen MR) is 252 cm³/mol. The Kier molecular flexibility index (Phi) is 46.2. The van der Waals surface area contributed by atoms with Crippen LogP contribution < -0.4 is 0 Å². The van der Waals surface area contributed by atoms with Gasteiger partial charge in [-0.05, 0) is 25.2 Å². The SMILES string of the molecule is CCCCCCCCCCCCCCCCCCCCCC(=O)OC[C@H](COC(=O)CCCCCCCCC)OC(=O)CCCCCCCCCCCCCCC(C)C. The minimum absolute atomic E-state index is 0.0631. The first-order valence-electron chi connectivity index (χ1n) is 26.4. The Labute approximate surface area is 368 Å². The Bertz CT molecular complexity index is 887. The molecule has 0 saturated heterocycles. The monoisotopic (exact) mass is 835 g/mol. The van der Waals surface area contributed by atoms with Gasteiger partial charge in [0.15, 0.2) is 6.10 Å². The van der Waals surface area contributed by atoms with Crippen molar-refractivity contribution >= 4 is 17.9 Å². The van der Waals surface area contributed by atoms with Gasteiger partial charge in [-0.2, -0.15) is 0 Å². The molecule has 0 radical (unpaired) electrons. The Hall–Kier alpha value is -1.59. The maximum atomic E-state index is 12.8. The lowest BCUT2D eigenvalue weighted by molar-refractivity contribution is -0.167. The van der Waals surface area contributed by atoms with E-state index in [0.29, 0.717) is 19.3 Å². The normalized spacial score (nSPS) is 11.9. The minimum Gasteiger partial charge on any atom is -0.462 e. The van der Waals surface area contributed by atoms with Gasteiger partial charge in [0.1, 0.15) is 13.2 Å². The van der Waals surface area contributed by atoms with E-state index >= 15 is 0 Å². The van der Waals surface area contributed by atoms with Gasteiger partial charge in [0.2, 0.25) is 0 Å². The zero-order valence-electron chi connectivity index (χ0n) is 40.2. The Morgan fingerprint density at radius 2 is 0.559 bits per heavy atom. The molecule has 6 heteroatoms. The van der Waals surface area contributed by atoms with E-state index in [1.807, 2.05) is 0 Å². The van der Waals surface area contributed by atoms with Crippen LogP contribution in [0, 0.1) is 5.92 Å². The van der Waals surface area contributed by atoms with Gasteiger partial charge in [-0.15, -0.1) is 0 Å². The zero-order chi connectivity index (χ0) is 43.1. The number of carbonyl (C=O) groups excluding carboxylic acids is 3. The number of unbranched alkanes of at least 4 members (excludes halogenated alkanes) is 35. The summed E-state index contributed by atoms with van der Waals surface area (Å²) in [4.78, 5) is 37.8. The average Bonchev–Trinajstić information content (AvgIpc) is 3.22. The third kappa shape index (κ3) is 47.3. The second-order valence-corrected chi connectivity index (χ2v) is 18.6. The summed E-state index contributed by atoms with van der Waals surface area (Å²) in [5.74, 6) is -0.0187. The molecule has 0 unspecified atom stereocenters. The Morgan fingerprint density at radius 1 is 0.322 bits per heavy atom. The van der Waals surface area contributed by atoms with Crippen molar-refractivity contribution in [2.75, 3.05) is 13.2 Å². The van der Waals surface area contributed by atoms with E-state index in [4.69, 9.17) is 14.2 Å². The van der Waals surface area contributed by atoms with Crippen molar-refractivity contribution < 1.29 is 28.6 Å². The molecule has 59 heavy (non-hydrogen) atoms. The van der Waals surface area contributed by atoms with E-state index < -0.39 is 6.10 Å². The van der Waals surface area contributed by atoms with Gasteiger partial charge in [0.05, 0.1) is 0 Å². The van der Waals surface area contributed by atoms with Crippen LogP contribution in [0.4, 0.5) is 0 Å². The van der Waals surface area contributed by atoms with Crippen molar-refractivity contribution in [3.63, 3.8) is 0 Å². The fourth-order valence-electron chi connectivity index (χ4n) is 8.04. The maximum Gasteiger partial charge on any atom is 0.306 e. The second kappa shape index (κ2) is 47.5. The topological polar surface area (TPSA) is 78.9 Å². The number of carbonyl (C=O) groups is 3. The molecule has 0 aromatic rings. The molecule has 0 spiro atoms. The third-order valence-electron chi connectivity index (χ3n) is 12.0. The lowest BCUT2D eigenvalue weighted by Crippen LogP contribution is -2.30. The standard InChI is InChI=1S/C53H102O6/c1-5-7-9-11-13-14-15-16-17-18-19-20-21-22-26-29-33-37-41-45-52(55)58-48-50(47-57-51(54)44-40-36-31-12-10-8-6-2)59-53(56)46-42-38-34-30-27-24-23-25-28-32-35-39-43-49(3)4/h49-50H,5-48H2,1-4H3/t50-/m0/s1. The second-order valence-electron chi connectivity index (χ2n) is 18.6. The molecule has 350 valence electrons. The molecular formula is C53H102O6. The van der Waals surface area contributed by atoms with Crippen LogP contribution in [0.5, 0.6) is 0 Å². The highest BCUT2D eigenvalue weighted by atomic mass is 16.6. The van der Waals surface area contributed by atoms with Crippen LogP contribution in [0.15, 0.2) is 0 Å². The molecule has 6 nitrogen and oxygen atoms in total. The van der Waals surface area contributed by atoms with Crippen LogP contribution in [0.2, 0.25) is 0 Å². The quantitative estimate of drug-likeness (QED) is 0.0345. The van der Waals surface area contributed by atoms with E-state index in [1.54, 1.807) is 0 Å². The molecular weight excluding hydrogens is 733 g/mol. The predicted octanol–water partition coefficient (Wildman–Crippen LogP) is 17.1. The Morgan fingerprint density at radius 3 is 0.831 bits per heavy atom. The summed E-state index contributed by atoms with van der Waals surface area (Å²) < 4.78 is 16.8. The molecule has 0 bridgehead atoms. The fourth-order valence-corrected chi connectivity index (χ4v) is 8.04. The van der Waals surface area contributed by atoms with Crippen molar-refractivity contribution in [3.05, 3.63) is 0 Å². The summed E-state index contributed by atoms with van der Waals surface area (Å²) >= 11 is 0. The highest BCUT2D eigenvalue weighted by molar-refractivity contribution is 5.71. The molecule has 0 rings (SSSR count). The van der Waals surface area contributed by atoms with Crippen LogP contribution in [0.3, 0.4) is 0 Å². The number of rotatable bonds is 48. The average molecular weight is 835 g/mol. The van der Waals surface area contributed by atoms with Crippen LogP contribution in [-0.4, -0.2) is 37.2 Å². The highest BCUT2D eigenvalue weighted by Gasteiger charge is 2.19. The number of hydrogen-bond donors (Lipinski definition) is 0. The molecule has 0 fully saturated rings. The first-order valence-corrected chi connectivity index (χ1v) is 26.4. The summed E-state index contributed by atoms with van der Waals surface area (Å²) in [6, 6.07) is 0. The van der Waals surface area contributed by atoms with Crippen molar-refractivity contribution in [1.29, 1.82) is 0 Å². The van der Waals surface area contributed by atoms with E-state index in [0.717, 1.165) is 63.7 Å². The number of esters is 3. The molecule has 1 atom stereocenters. The molecule has 0 aliphatic carbocycles. The fraction of sp³-hybridized carbons (Fsp3) is 0.943. The molecule has 0 aromatic heterocycles. The lowest BCUT2D eigenvalue weighted by atomic mass is 10.0. The van der Waals surface area contributed by atoms with Gasteiger partial charge in [-0.25, -0.2) is 0 Å². The third-order valence-corrected chi connectivity index (χ3v) is 12.0. The largest absolute Gasteiger partial charge is 0.462 e. The highest BCUT2D eigenvalue weighted by Crippen LogP contribution is 2.17. The maximum absolute atomic E-state index is 12.8. The van der Waals surface area contributed by atoms with Gasteiger partial charge in [0, 0.05) is 19.3 Å². The van der Waals surface area contributed by atoms with Crippen LogP contribution in [0.25, 0.3) is 0 Å². The molecule has 0 N–H and O–H groups in total. The van der Waals surface area contributed by atoms with Gasteiger partial charge in [-0.3, -0.25) is 14.4 Å². The lowest BCUT2D eigenvalue weighted by Gasteiger charge is -2.18. The van der Waals surface area contributed by atoms with E-state index in [9.17, 15) is 14.4 Å². The summed E-state index contributed by atoms with van der Waals surface area (Å²) in [6.45, 7) is 8.99. The van der Waals surface area contributed by atoms with Crippen LogP contribution >= 0.6 is 0 Å². The first-order chi connectivity index (χ1) is 28.9. The van der Waals surface area contributed by atoms with Gasteiger partial charge in [-0.1, -0.05) is 259 Å². The van der Waals surface area contributed by atoms with Crippen molar-refractivity contribution in [3.8, 4) is 0 Å². The smallest absolute Gasteiger partial charge is 0.306 e. The molecule has 0 heterocycles. The molecule has 0 amide bonds. The number of hydrogen-bond acceptors (Lipinski definition) is 6. The van der Waals surface area contributed by atoms with Gasteiger partial charge >= 0.3 is 17.9 Å². The van der Waals surface area contributed by atoms with E-state index in [2.05, 4.69) is 27.7 Å². The molecule has 0 saturated carbocycles. The zero-order valence-corrected chi connectivity index (χ0v) is 40.2. The van der Waals surface area contributed by atoms with Crippen molar-refractivity contribution in [2.24, 2.45) is 5.92 Å². The van der Waals surface area contributed by atoms with E-state index in [1.165, 1.54) is 193 Å². The first kappa shape index (κ1) is 57.4. The molecule has 0 aliphatic heterocycles. The van der Waals surface area contributed by atoms with Gasteiger partial charge < -0.3 is 14.2 Å². The van der Waals surface area contributed by atoms with Crippen LogP contribution in [0.1, 0.15) is 297 Å². The van der Waals surface area contributed by atoms with E-state index in [-0.39, 0.29) is 31.1 Å². The minimum atomic E-state index is -0.759. The van der Waals surface area contributed by atoms with Crippen molar-refractivity contribution in [1.82, 2.24) is 0 Å². The molecule has 0 aliphatic rings. The summed E-state index contributed by atoms with van der Waals surface area (Å²) in [5.41, 5.74) is 0. The number of ether oxygens (including phenoxy) is 3. The van der Waals surface area contributed by atoms with Crippen LogP contribution in [-0.2, 0) is 28.6 Å². The summed E-state index contributed by atoms with van der Waals surface area (Å²) in [5, 5.41) is 0. The van der Waals surface area contributed by atoms with Gasteiger partial charge in [0.25, 0.3) is 0 Å². The van der Waals surface area contributed by atoms with Crippen molar-refractivity contribution in [2.45, 2.75) is 303 Å². The molecule has 0 aromatic carbocycles.